The fourth-order valence-corrected chi connectivity index (χ4v) is 1.84. The standard InChI is InChI=1S/C9H10FN3S/c1-12(2)13-7-5-3-4-6(10)8(7)11-9(13)14/h3-5H,1-2H3,(H,11,14). The summed E-state index contributed by atoms with van der Waals surface area (Å²) in [6.07, 6.45) is 0. The normalized spacial score (nSPS) is 10.8. The van der Waals surface area contributed by atoms with Crippen LogP contribution in [0.1, 0.15) is 0 Å². The SMILES string of the molecule is CN(C)n1c(=S)[nH]c2c(F)cccc21. The number of para-hydroxylation sites is 1. The summed E-state index contributed by atoms with van der Waals surface area (Å²) in [7, 11) is 3.71. The summed E-state index contributed by atoms with van der Waals surface area (Å²) in [5.74, 6) is -0.283. The van der Waals surface area contributed by atoms with E-state index in [0.717, 1.165) is 5.52 Å². The van der Waals surface area contributed by atoms with Crippen LogP contribution in [0, 0.1) is 10.6 Å². The molecule has 0 aliphatic carbocycles. The van der Waals surface area contributed by atoms with Crippen LogP contribution in [-0.2, 0) is 0 Å². The largest absolute Gasteiger partial charge is 0.327 e. The van der Waals surface area contributed by atoms with Gasteiger partial charge in [-0.15, -0.1) is 0 Å². The maximum Gasteiger partial charge on any atom is 0.197 e. The zero-order valence-corrected chi connectivity index (χ0v) is 8.73. The molecule has 0 spiro atoms. The Bertz CT molecular complexity index is 526. The lowest BCUT2D eigenvalue weighted by molar-refractivity contribution is 0.637. The number of halogens is 1. The van der Waals surface area contributed by atoms with Gasteiger partial charge in [-0.3, -0.25) is 0 Å². The maximum absolute atomic E-state index is 13.3. The van der Waals surface area contributed by atoms with Gasteiger partial charge in [0, 0.05) is 14.1 Å². The first kappa shape index (κ1) is 9.21. The molecule has 0 unspecified atom stereocenters. The zero-order chi connectivity index (χ0) is 10.3. The van der Waals surface area contributed by atoms with Crippen LogP contribution in [0.5, 0.6) is 0 Å². The Balaban J connectivity index is 2.91. The van der Waals surface area contributed by atoms with Crippen molar-refractivity contribution in [3.05, 3.63) is 28.8 Å². The Kier molecular flexibility index (Phi) is 2.03. The summed E-state index contributed by atoms with van der Waals surface area (Å²) in [6, 6.07) is 4.90. The predicted octanol–water partition coefficient (Wildman–Crippen LogP) is 2.04. The van der Waals surface area contributed by atoms with E-state index < -0.39 is 0 Å². The van der Waals surface area contributed by atoms with E-state index in [1.165, 1.54) is 6.07 Å². The van der Waals surface area contributed by atoms with E-state index in [9.17, 15) is 4.39 Å². The second kappa shape index (κ2) is 3.09. The van der Waals surface area contributed by atoms with Crippen molar-refractivity contribution < 1.29 is 4.39 Å². The number of nitrogens with zero attached hydrogens (tertiary/aromatic N) is 2. The molecule has 1 aromatic carbocycles. The molecule has 0 radical (unpaired) electrons. The molecule has 0 bridgehead atoms. The Morgan fingerprint density at radius 3 is 2.79 bits per heavy atom. The van der Waals surface area contributed by atoms with Gasteiger partial charge in [-0.1, -0.05) is 6.07 Å². The van der Waals surface area contributed by atoms with Gasteiger partial charge in [0.25, 0.3) is 0 Å². The molecule has 2 aromatic rings. The molecule has 0 atom stereocenters. The van der Waals surface area contributed by atoms with E-state index in [0.29, 0.717) is 10.3 Å². The number of benzene rings is 1. The molecule has 0 fully saturated rings. The van der Waals surface area contributed by atoms with E-state index in [4.69, 9.17) is 12.2 Å². The minimum Gasteiger partial charge on any atom is -0.327 e. The lowest BCUT2D eigenvalue weighted by Gasteiger charge is -2.14. The summed E-state index contributed by atoms with van der Waals surface area (Å²) in [5.41, 5.74) is 1.20. The first-order valence-electron chi connectivity index (χ1n) is 4.18. The first-order chi connectivity index (χ1) is 6.61. The van der Waals surface area contributed by atoms with Gasteiger partial charge in [0.1, 0.15) is 11.3 Å². The van der Waals surface area contributed by atoms with Crippen LogP contribution in [-0.4, -0.2) is 23.8 Å². The van der Waals surface area contributed by atoms with Crippen molar-refractivity contribution >= 4 is 23.3 Å². The average Bonchev–Trinajstić information content (AvgIpc) is 2.42. The summed E-state index contributed by atoms with van der Waals surface area (Å²) in [4.78, 5) is 2.84. The third-order valence-corrected chi connectivity index (χ3v) is 2.32. The fourth-order valence-electron chi connectivity index (χ4n) is 1.48. The number of nitrogens with one attached hydrogen (secondary N) is 1. The van der Waals surface area contributed by atoms with E-state index in [-0.39, 0.29) is 5.82 Å². The van der Waals surface area contributed by atoms with Gasteiger partial charge >= 0.3 is 0 Å². The van der Waals surface area contributed by atoms with Gasteiger partial charge in [0.2, 0.25) is 0 Å². The van der Waals surface area contributed by atoms with Gasteiger partial charge in [-0.05, 0) is 24.4 Å². The van der Waals surface area contributed by atoms with Crippen molar-refractivity contribution in [1.29, 1.82) is 0 Å². The van der Waals surface area contributed by atoms with E-state index in [1.807, 2.05) is 20.2 Å². The second-order valence-electron chi connectivity index (χ2n) is 3.22. The molecule has 0 saturated heterocycles. The van der Waals surface area contributed by atoms with Crippen molar-refractivity contribution in [2.24, 2.45) is 0 Å². The Hall–Kier alpha value is -1.36. The van der Waals surface area contributed by atoms with Crippen molar-refractivity contribution in [1.82, 2.24) is 9.66 Å². The zero-order valence-electron chi connectivity index (χ0n) is 7.91. The van der Waals surface area contributed by atoms with Gasteiger partial charge < -0.3 is 9.99 Å². The highest BCUT2D eigenvalue weighted by atomic mass is 32.1. The summed E-state index contributed by atoms with van der Waals surface area (Å²) in [6.45, 7) is 0. The van der Waals surface area contributed by atoms with Gasteiger partial charge in [0.15, 0.2) is 4.77 Å². The van der Waals surface area contributed by atoms with E-state index in [2.05, 4.69) is 4.98 Å². The smallest absolute Gasteiger partial charge is 0.197 e. The molecular formula is C9H10FN3S. The van der Waals surface area contributed by atoms with Crippen LogP contribution < -0.4 is 5.01 Å². The Morgan fingerprint density at radius 2 is 2.14 bits per heavy atom. The monoisotopic (exact) mass is 211 g/mol. The van der Waals surface area contributed by atoms with Gasteiger partial charge in [-0.25, -0.2) is 9.07 Å². The fraction of sp³-hybridized carbons (Fsp3) is 0.222. The Morgan fingerprint density at radius 1 is 1.43 bits per heavy atom. The maximum atomic E-state index is 13.3. The third kappa shape index (κ3) is 1.21. The van der Waals surface area contributed by atoms with Crippen molar-refractivity contribution in [3.63, 3.8) is 0 Å². The van der Waals surface area contributed by atoms with Crippen LogP contribution in [0.4, 0.5) is 4.39 Å². The molecule has 0 aliphatic rings. The molecule has 5 heteroatoms. The summed E-state index contributed by atoms with van der Waals surface area (Å²) in [5, 5.41) is 1.81. The molecule has 0 aliphatic heterocycles. The summed E-state index contributed by atoms with van der Waals surface area (Å²) >= 11 is 5.09. The van der Waals surface area contributed by atoms with Crippen LogP contribution in [0.2, 0.25) is 0 Å². The molecule has 1 heterocycles. The number of rotatable bonds is 1. The highest BCUT2D eigenvalue weighted by Crippen LogP contribution is 2.16. The number of H-pyrrole nitrogens is 1. The topological polar surface area (TPSA) is 24.0 Å². The van der Waals surface area contributed by atoms with Crippen molar-refractivity contribution in [2.45, 2.75) is 0 Å². The number of hydrogen-bond donors (Lipinski definition) is 1. The molecule has 1 N–H and O–H groups in total. The molecule has 2 rings (SSSR count). The highest BCUT2D eigenvalue weighted by Gasteiger charge is 2.08. The number of aromatic amines is 1. The van der Waals surface area contributed by atoms with Crippen LogP contribution in [0.15, 0.2) is 18.2 Å². The number of hydrogen-bond acceptors (Lipinski definition) is 2. The van der Waals surface area contributed by atoms with Crippen molar-refractivity contribution in [3.8, 4) is 0 Å². The molecule has 74 valence electrons. The molecule has 0 amide bonds. The predicted molar refractivity (Wildman–Crippen MR) is 57.1 cm³/mol. The Labute approximate surface area is 85.7 Å². The number of fused-ring (bicyclic) bond motifs is 1. The molecule has 1 aromatic heterocycles. The average molecular weight is 211 g/mol. The lowest BCUT2D eigenvalue weighted by Crippen LogP contribution is -2.24. The van der Waals surface area contributed by atoms with E-state index >= 15 is 0 Å². The van der Waals surface area contributed by atoms with Gasteiger partial charge in [-0.2, -0.15) is 0 Å². The first-order valence-corrected chi connectivity index (χ1v) is 4.59. The molecular weight excluding hydrogens is 201 g/mol. The summed E-state index contributed by atoms with van der Waals surface area (Å²) < 4.78 is 15.6. The van der Waals surface area contributed by atoms with Crippen molar-refractivity contribution in [2.75, 3.05) is 19.1 Å². The number of imidazole rings is 1. The lowest BCUT2D eigenvalue weighted by atomic mass is 10.3. The highest BCUT2D eigenvalue weighted by molar-refractivity contribution is 7.71. The molecule has 14 heavy (non-hydrogen) atoms. The van der Waals surface area contributed by atoms with Crippen LogP contribution in [0.3, 0.4) is 0 Å². The third-order valence-electron chi connectivity index (χ3n) is 2.04. The molecule has 0 saturated carbocycles. The van der Waals surface area contributed by atoms with E-state index in [1.54, 1.807) is 15.8 Å². The van der Waals surface area contributed by atoms with Crippen LogP contribution in [0.25, 0.3) is 11.0 Å². The minimum atomic E-state index is -0.283. The minimum absolute atomic E-state index is 0.283. The van der Waals surface area contributed by atoms with Crippen LogP contribution >= 0.6 is 12.2 Å². The molecule has 3 nitrogen and oxygen atoms in total. The number of aromatic nitrogens is 2. The van der Waals surface area contributed by atoms with Gasteiger partial charge in [0.05, 0.1) is 5.52 Å². The second-order valence-corrected chi connectivity index (χ2v) is 3.61. The quantitative estimate of drug-likeness (QED) is 0.730.